The van der Waals surface area contributed by atoms with E-state index in [4.69, 9.17) is 4.74 Å². The lowest BCUT2D eigenvalue weighted by molar-refractivity contribution is -0.163. The summed E-state index contributed by atoms with van der Waals surface area (Å²) in [6, 6.07) is 0. The molecule has 0 aromatic carbocycles. The second kappa shape index (κ2) is 5.22. The first-order valence-electron chi connectivity index (χ1n) is 7.69. The van der Waals surface area contributed by atoms with Gasteiger partial charge in [0, 0.05) is 0 Å². The topological polar surface area (TPSA) is 26.3 Å². The molecule has 2 rings (SSSR count). The zero-order chi connectivity index (χ0) is 13.2. The average Bonchev–Trinajstić information content (AvgIpc) is 2.77. The lowest BCUT2D eigenvalue weighted by Crippen LogP contribution is -2.36. The van der Waals surface area contributed by atoms with Crippen LogP contribution in [0.1, 0.15) is 78.6 Å². The van der Waals surface area contributed by atoms with Gasteiger partial charge in [-0.25, -0.2) is 0 Å². The van der Waals surface area contributed by atoms with Crippen LogP contribution in [0.5, 0.6) is 0 Å². The molecule has 2 fully saturated rings. The maximum absolute atomic E-state index is 12.1. The lowest BCUT2D eigenvalue weighted by atomic mass is 9.71. The van der Waals surface area contributed by atoms with E-state index in [1.54, 1.807) is 0 Å². The Morgan fingerprint density at radius 3 is 2.44 bits per heavy atom. The predicted octanol–water partition coefficient (Wildman–Crippen LogP) is 4.47. The van der Waals surface area contributed by atoms with Gasteiger partial charge in [-0.05, 0) is 64.2 Å². The molecule has 0 aromatic heterocycles. The summed E-state index contributed by atoms with van der Waals surface area (Å²) >= 11 is 0. The van der Waals surface area contributed by atoms with Crippen LogP contribution in [0.25, 0.3) is 0 Å². The molecule has 1 spiro atoms. The van der Waals surface area contributed by atoms with Crippen molar-refractivity contribution >= 4 is 5.97 Å². The first kappa shape index (κ1) is 13.9. The molecule has 2 aliphatic carbocycles. The minimum atomic E-state index is -0.319. The van der Waals surface area contributed by atoms with Crippen molar-refractivity contribution < 1.29 is 9.53 Å². The van der Waals surface area contributed by atoms with E-state index in [-0.39, 0.29) is 17.5 Å². The van der Waals surface area contributed by atoms with Gasteiger partial charge in [-0.1, -0.05) is 19.8 Å². The van der Waals surface area contributed by atoms with Crippen LogP contribution in [0.4, 0.5) is 0 Å². The molecular formula is C16H28O2. The minimum Gasteiger partial charge on any atom is -0.462 e. The van der Waals surface area contributed by atoms with Gasteiger partial charge in [0.15, 0.2) is 0 Å². The fourth-order valence-electron chi connectivity index (χ4n) is 3.53. The lowest BCUT2D eigenvalue weighted by Gasteiger charge is -2.38. The Hall–Kier alpha value is -0.530. The SMILES string of the molecule is CCC(C)(C)C(=O)OC1CCCC2(CCCC2)C1. The maximum atomic E-state index is 12.1. The second-order valence-electron chi connectivity index (χ2n) is 7.07. The van der Waals surface area contributed by atoms with Crippen molar-refractivity contribution in [1.82, 2.24) is 0 Å². The Morgan fingerprint density at radius 1 is 1.22 bits per heavy atom. The molecule has 104 valence electrons. The summed E-state index contributed by atoms with van der Waals surface area (Å²) in [7, 11) is 0. The van der Waals surface area contributed by atoms with Crippen molar-refractivity contribution in [3.63, 3.8) is 0 Å². The fourth-order valence-corrected chi connectivity index (χ4v) is 3.53. The molecule has 18 heavy (non-hydrogen) atoms. The van der Waals surface area contributed by atoms with Crippen molar-refractivity contribution in [1.29, 1.82) is 0 Å². The predicted molar refractivity (Wildman–Crippen MR) is 73.3 cm³/mol. The molecule has 2 aliphatic rings. The second-order valence-corrected chi connectivity index (χ2v) is 7.07. The summed E-state index contributed by atoms with van der Waals surface area (Å²) in [6.07, 6.45) is 11.3. The van der Waals surface area contributed by atoms with Crippen molar-refractivity contribution in [3.05, 3.63) is 0 Å². The highest BCUT2D eigenvalue weighted by Gasteiger charge is 2.40. The number of carbonyl (C=O) groups excluding carboxylic acids is 1. The van der Waals surface area contributed by atoms with Gasteiger partial charge in [0.25, 0.3) is 0 Å². The summed E-state index contributed by atoms with van der Waals surface area (Å²) in [5, 5.41) is 0. The van der Waals surface area contributed by atoms with Gasteiger partial charge < -0.3 is 4.74 Å². The van der Waals surface area contributed by atoms with Crippen LogP contribution >= 0.6 is 0 Å². The van der Waals surface area contributed by atoms with Crippen molar-refractivity contribution in [2.45, 2.75) is 84.7 Å². The van der Waals surface area contributed by atoms with Crippen LogP contribution in [-0.4, -0.2) is 12.1 Å². The molecule has 1 atom stereocenters. The van der Waals surface area contributed by atoms with E-state index in [1.807, 2.05) is 13.8 Å². The highest BCUT2D eigenvalue weighted by Crippen LogP contribution is 2.49. The van der Waals surface area contributed by atoms with Crippen molar-refractivity contribution in [3.8, 4) is 0 Å². The summed E-state index contributed by atoms with van der Waals surface area (Å²) in [6.45, 7) is 6.04. The number of rotatable bonds is 3. The first-order chi connectivity index (χ1) is 8.47. The van der Waals surface area contributed by atoms with Gasteiger partial charge in [-0.15, -0.1) is 0 Å². The van der Waals surface area contributed by atoms with Crippen LogP contribution in [0.3, 0.4) is 0 Å². The Labute approximate surface area is 111 Å². The molecule has 0 saturated heterocycles. The summed E-state index contributed by atoms with van der Waals surface area (Å²) in [5.41, 5.74) is 0.208. The van der Waals surface area contributed by atoms with Crippen LogP contribution in [0.15, 0.2) is 0 Å². The zero-order valence-corrected chi connectivity index (χ0v) is 12.3. The third kappa shape index (κ3) is 2.89. The smallest absolute Gasteiger partial charge is 0.311 e. The normalized spacial score (nSPS) is 27.4. The van der Waals surface area contributed by atoms with E-state index >= 15 is 0 Å². The third-order valence-electron chi connectivity index (χ3n) is 5.27. The minimum absolute atomic E-state index is 0.00467. The Kier molecular flexibility index (Phi) is 4.03. The molecule has 0 aromatic rings. The third-order valence-corrected chi connectivity index (χ3v) is 5.27. The molecule has 2 nitrogen and oxygen atoms in total. The van der Waals surface area contributed by atoms with E-state index < -0.39 is 0 Å². The standard InChI is InChI=1S/C16H28O2/c1-4-15(2,3)14(17)18-13-8-7-11-16(12-13)9-5-6-10-16/h13H,4-12H2,1-3H3. The van der Waals surface area contributed by atoms with Crippen LogP contribution in [0, 0.1) is 10.8 Å². The molecule has 0 amide bonds. The molecule has 2 heteroatoms. The van der Waals surface area contributed by atoms with E-state index in [2.05, 4.69) is 6.92 Å². The number of hydrogen-bond donors (Lipinski definition) is 0. The summed E-state index contributed by atoms with van der Waals surface area (Å²) in [5.74, 6) is 0.00467. The van der Waals surface area contributed by atoms with E-state index in [1.165, 1.54) is 38.5 Å². The van der Waals surface area contributed by atoms with Crippen molar-refractivity contribution in [2.75, 3.05) is 0 Å². The number of hydrogen-bond acceptors (Lipinski definition) is 2. The highest BCUT2D eigenvalue weighted by molar-refractivity contribution is 5.76. The fraction of sp³-hybridized carbons (Fsp3) is 0.938. The van der Waals surface area contributed by atoms with Crippen LogP contribution in [0.2, 0.25) is 0 Å². The molecule has 0 radical (unpaired) electrons. The van der Waals surface area contributed by atoms with Gasteiger partial charge >= 0.3 is 5.97 Å². The molecular weight excluding hydrogens is 224 g/mol. The monoisotopic (exact) mass is 252 g/mol. The first-order valence-corrected chi connectivity index (χ1v) is 7.69. The number of esters is 1. The van der Waals surface area contributed by atoms with Crippen LogP contribution in [-0.2, 0) is 9.53 Å². The number of carbonyl (C=O) groups is 1. The zero-order valence-electron chi connectivity index (χ0n) is 12.3. The Morgan fingerprint density at radius 2 is 1.83 bits per heavy atom. The molecule has 2 saturated carbocycles. The Balaban J connectivity index is 1.92. The molecule has 0 heterocycles. The average molecular weight is 252 g/mol. The highest BCUT2D eigenvalue weighted by atomic mass is 16.5. The van der Waals surface area contributed by atoms with Gasteiger partial charge in [-0.3, -0.25) is 4.79 Å². The summed E-state index contributed by atoms with van der Waals surface area (Å²) < 4.78 is 5.79. The summed E-state index contributed by atoms with van der Waals surface area (Å²) in [4.78, 5) is 12.1. The van der Waals surface area contributed by atoms with Gasteiger partial charge in [-0.2, -0.15) is 0 Å². The molecule has 1 unspecified atom stereocenters. The van der Waals surface area contributed by atoms with E-state index in [0.717, 1.165) is 19.3 Å². The van der Waals surface area contributed by atoms with E-state index in [9.17, 15) is 4.79 Å². The Bertz CT molecular complexity index is 300. The van der Waals surface area contributed by atoms with Crippen LogP contribution < -0.4 is 0 Å². The van der Waals surface area contributed by atoms with Crippen molar-refractivity contribution in [2.24, 2.45) is 10.8 Å². The molecule has 0 bridgehead atoms. The largest absolute Gasteiger partial charge is 0.462 e. The van der Waals surface area contributed by atoms with Gasteiger partial charge in [0.05, 0.1) is 5.41 Å². The van der Waals surface area contributed by atoms with E-state index in [0.29, 0.717) is 5.41 Å². The van der Waals surface area contributed by atoms with Gasteiger partial charge in [0.1, 0.15) is 6.10 Å². The molecule has 0 N–H and O–H groups in total. The number of ether oxygens (including phenoxy) is 1. The molecule has 0 aliphatic heterocycles. The maximum Gasteiger partial charge on any atom is 0.311 e. The quantitative estimate of drug-likeness (QED) is 0.693. The van der Waals surface area contributed by atoms with Gasteiger partial charge in [0.2, 0.25) is 0 Å².